The van der Waals surface area contributed by atoms with E-state index in [2.05, 4.69) is 28.7 Å². The minimum absolute atomic E-state index is 0.714. The average molecular weight is 235 g/mol. The zero-order valence-corrected chi connectivity index (χ0v) is 10.9. The highest BCUT2D eigenvalue weighted by Crippen LogP contribution is 2.26. The Kier molecular flexibility index (Phi) is 3.82. The summed E-state index contributed by atoms with van der Waals surface area (Å²) in [6.07, 6.45) is 5.95. The van der Waals surface area contributed by atoms with Crippen molar-refractivity contribution in [2.24, 2.45) is 11.8 Å². The van der Waals surface area contributed by atoms with Gasteiger partial charge in [-0.3, -0.25) is 0 Å². The summed E-state index contributed by atoms with van der Waals surface area (Å²) in [5.41, 5.74) is 0. The molecule has 0 atom stereocenters. The monoisotopic (exact) mass is 235 g/mol. The van der Waals surface area contributed by atoms with Gasteiger partial charge in [0.25, 0.3) is 0 Å². The Hall–Kier alpha value is -1.32. The van der Waals surface area contributed by atoms with Crippen LogP contribution in [0.3, 0.4) is 0 Å². The van der Waals surface area contributed by atoms with Crippen molar-refractivity contribution in [3.05, 3.63) is 12.4 Å². The first-order valence-corrected chi connectivity index (χ1v) is 6.31. The average Bonchev–Trinajstić information content (AvgIpc) is 2.39. The number of methoxy groups -OCH3 is 1. The van der Waals surface area contributed by atoms with Gasteiger partial charge in [-0.25, -0.2) is 9.97 Å². The molecule has 1 fully saturated rings. The molecule has 94 valence electrons. The van der Waals surface area contributed by atoms with E-state index < -0.39 is 0 Å². The summed E-state index contributed by atoms with van der Waals surface area (Å²) in [7, 11) is 1.63. The third-order valence-electron chi connectivity index (χ3n) is 3.62. The summed E-state index contributed by atoms with van der Waals surface area (Å²) in [5.74, 6) is 3.18. The standard InChI is InChI=1S/C13H21N3O/c1-10(2)11-4-6-16(7-5-11)13-14-8-12(17-3)9-15-13/h8-11H,4-7H2,1-3H3. The zero-order valence-electron chi connectivity index (χ0n) is 10.9. The molecule has 1 aromatic heterocycles. The molecule has 0 amide bonds. The molecule has 1 saturated heterocycles. The van der Waals surface area contributed by atoms with Gasteiger partial charge in [-0.05, 0) is 24.7 Å². The van der Waals surface area contributed by atoms with E-state index in [9.17, 15) is 0 Å². The van der Waals surface area contributed by atoms with Crippen LogP contribution in [0.5, 0.6) is 5.75 Å². The molecule has 17 heavy (non-hydrogen) atoms. The fraction of sp³-hybridized carbons (Fsp3) is 0.692. The second kappa shape index (κ2) is 5.34. The molecular formula is C13H21N3O. The largest absolute Gasteiger partial charge is 0.494 e. The molecule has 2 heterocycles. The Bertz CT molecular complexity index is 342. The summed E-state index contributed by atoms with van der Waals surface area (Å²) >= 11 is 0. The van der Waals surface area contributed by atoms with Gasteiger partial charge in [-0.1, -0.05) is 13.8 Å². The topological polar surface area (TPSA) is 38.2 Å². The van der Waals surface area contributed by atoms with Crippen LogP contribution >= 0.6 is 0 Å². The molecule has 0 spiro atoms. The van der Waals surface area contributed by atoms with Crippen molar-refractivity contribution in [3.8, 4) is 5.75 Å². The number of aromatic nitrogens is 2. The molecule has 0 aromatic carbocycles. The third-order valence-corrected chi connectivity index (χ3v) is 3.62. The van der Waals surface area contributed by atoms with Gasteiger partial charge in [0.2, 0.25) is 5.95 Å². The zero-order chi connectivity index (χ0) is 12.3. The maximum Gasteiger partial charge on any atom is 0.225 e. The molecule has 1 aliphatic rings. The summed E-state index contributed by atoms with van der Waals surface area (Å²) in [5, 5.41) is 0. The highest BCUT2D eigenvalue weighted by Gasteiger charge is 2.22. The van der Waals surface area contributed by atoms with E-state index in [4.69, 9.17) is 4.74 Å². The third kappa shape index (κ3) is 2.87. The molecular weight excluding hydrogens is 214 g/mol. The van der Waals surface area contributed by atoms with Crippen molar-refractivity contribution in [2.75, 3.05) is 25.1 Å². The predicted octanol–water partition coefficient (Wildman–Crippen LogP) is 2.36. The van der Waals surface area contributed by atoms with Crippen LogP contribution in [0.2, 0.25) is 0 Å². The lowest BCUT2D eigenvalue weighted by atomic mass is 9.87. The maximum absolute atomic E-state index is 5.06. The van der Waals surface area contributed by atoms with Crippen molar-refractivity contribution in [1.82, 2.24) is 9.97 Å². The van der Waals surface area contributed by atoms with Crippen molar-refractivity contribution in [2.45, 2.75) is 26.7 Å². The molecule has 4 heteroatoms. The Morgan fingerprint density at radius 3 is 2.29 bits per heavy atom. The van der Waals surface area contributed by atoms with Crippen LogP contribution < -0.4 is 9.64 Å². The quantitative estimate of drug-likeness (QED) is 0.806. The SMILES string of the molecule is COc1cnc(N2CCC(C(C)C)CC2)nc1. The molecule has 2 rings (SSSR count). The molecule has 1 aliphatic heterocycles. The molecule has 0 aliphatic carbocycles. The summed E-state index contributed by atoms with van der Waals surface area (Å²) in [6, 6.07) is 0. The van der Waals surface area contributed by atoms with Crippen molar-refractivity contribution in [3.63, 3.8) is 0 Å². The number of piperidine rings is 1. The fourth-order valence-corrected chi connectivity index (χ4v) is 2.34. The summed E-state index contributed by atoms with van der Waals surface area (Å²) < 4.78 is 5.06. The second-order valence-electron chi connectivity index (χ2n) is 4.99. The van der Waals surface area contributed by atoms with E-state index >= 15 is 0 Å². The predicted molar refractivity (Wildman–Crippen MR) is 68.4 cm³/mol. The minimum atomic E-state index is 0.714. The van der Waals surface area contributed by atoms with Gasteiger partial charge in [-0.15, -0.1) is 0 Å². The second-order valence-corrected chi connectivity index (χ2v) is 4.99. The Labute approximate surface area is 103 Å². The minimum Gasteiger partial charge on any atom is -0.494 e. The lowest BCUT2D eigenvalue weighted by Crippen LogP contribution is -2.36. The van der Waals surface area contributed by atoms with Gasteiger partial charge in [0.1, 0.15) is 0 Å². The van der Waals surface area contributed by atoms with Gasteiger partial charge in [0.15, 0.2) is 5.75 Å². The number of rotatable bonds is 3. The Morgan fingerprint density at radius 1 is 1.24 bits per heavy atom. The Morgan fingerprint density at radius 2 is 1.82 bits per heavy atom. The molecule has 0 unspecified atom stereocenters. The first-order valence-electron chi connectivity index (χ1n) is 6.31. The smallest absolute Gasteiger partial charge is 0.225 e. The fourth-order valence-electron chi connectivity index (χ4n) is 2.34. The van der Waals surface area contributed by atoms with Gasteiger partial charge < -0.3 is 9.64 Å². The van der Waals surface area contributed by atoms with Crippen molar-refractivity contribution >= 4 is 5.95 Å². The molecule has 0 N–H and O–H groups in total. The number of ether oxygens (including phenoxy) is 1. The van der Waals surface area contributed by atoms with Crippen molar-refractivity contribution < 1.29 is 4.74 Å². The van der Waals surface area contributed by atoms with Crippen LogP contribution in [0.4, 0.5) is 5.95 Å². The van der Waals surface area contributed by atoms with E-state index in [1.54, 1.807) is 19.5 Å². The van der Waals surface area contributed by atoms with E-state index in [1.807, 2.05) is 0 Å². The van der Waals surface area contributed by atoms with E-state index in [0.717, 1.165) is 30.9 Å². The van der Waals surface area contributed by atoms with Crippen LogP contribution in [0.25, 0.3) is 0 Å². The highest BCUT2D eigenvalue weighted by molar-refractivity contribution is 5.31. The Balaban J connectivity index is 1.95. The lowest BCUT2D eigenvalue weighted by molar-refractivity contribution is 0.309. The van der Waals surface area contributed by atoms with Gasteiger partial charge in [0, 0.05) is 13.1 Å². The van der Waals surface area contributed by atoms with Crippen LogP contribution in [0.15, 0.2) is 12.4 Å². The maximum atomic E-state index is 5.06. The van der Waals surface area contributed by atoms with Gasteiger partial charge in [-0.2, -0.15) is 0 Å². The number of nitrogens with zero attached hydrogens (tertiary/aromatic N) is 3. The first kappa shape index (κ1) is 12.1. The molecule has 0 bridgehead atoms. The first-order chi connectivity index (χ1) is 8.20. The highest BCUT2D eigenvalue weighted by atomic mass is 16.5. The van der Waals surface area contributed by atoms with Gasteiger partial charge >= 0.3 is 0 Å². The summed E-state index contributed by atoms with van der Waals surface area (Å²) in [4.78, 5) is 10.9. The summed E-state index contributed by atoms with van der Waals surface area (Å²) in [6.45, 7) is 6.75. The van der Waals surface area contributed by atoms with E-state index in [1.165, 1.54) is 12.8 Å². The van der Waals surface area contributed by atoms with Crippen LogP contribution in [0, 0.1) is 11.8 Å². The van der Waals surface area contributed by atoms with E-state index in [-0.39, 0.29) is 0 Å². The molecule has 4 nitrogen and oxygen atoms in total. The normalized spacial score (nSPS) is 17.5. The van der Waals surface area contributed by atoms with Crippen LogP contribution in [0.1, 0.15) is 26.7 Å². The molecule has 0 radical (unpaired) electrons. The van der Waals surface area contributed by atoms with Crippen LogP contribution in [-0.2, 0) is 0 Å². The molecule has 1 aromatic rings. The molecule has 0 saturated carbocycles. The number of hydrogen-bond donors (Lipinski definition) is 0. The van der Waals surface area contributed by atoms with Crippen LogP contribution in [-0.4, -0.2) is 30.2 Å². The number of anilines is 1. The van der Waals surface area contributed by atoms with E-state index in [0.29, 0.717) is 5.75 Å². The lowest BCUT2D eigenvalue weighted by Gasteiger charge is -2.33. The van der Waals surface area contributed by atoms with Gasteiger partial charge in [0.05, 0.1) is 19.5 Å². The number of hydrogen-bond acceptors (Lipinski definition) is 4. The van der Waals surface area contributed by atoms with Crippen molar-refractivity contribution in [1.29, 1.82) is 0 Å².